The third-order valence-electron chi connectivity index (χ3n) is 1.25. The van der Waals surface area contributed by atoms with Crippen molar-refractivity contribution in [2.45, 2.75) is 44.0 Å². The highest BCUT2D eigenvalue weighted by molar-refractivity contribution is 9.10. The van der Waals surface area contributed by atoms with E-state index in [0.29, 0.717) is 12.8 Å². The quantitative estimate of drug-likeness (QED) is 0.570. The largest absolute Gasteiger partial charge is 0.459 e. The molecule has 0 saturated heterocycles. The number of carbonyl (C=O) groups excluding carboxylic acids is 1. The second-order valence-corrected chi connectivity index (χ2v) is 4.94. The van der Waals surface area contributed by atoms with Gasteiger partial charge in [0.15, 0.2) is 0 Å². The Morgan fingerprint density at radius 2 is 2.08 bits per heavy atom. The zero-order valence-electron chi connectivity index (χ0n) is 8.27. The summed E-state index contributed by atoms with van der Waals surface area (Å²) in [5.41, 5.74) is -0.473. The molecule has 0 rings (SSSR count). The molecule has 13 heavy (non-hydrogen) atoms. The molecule has 0 heterocycles. The highest BCUT2D eigenvalue weighted by atomic mass is 79.9. The molecular weight excluding hydrogens is 239 g/mol. The summed E-state index contributed by atoms with van der Waals surface area (Å²) in [6.45, 7) is 5.02. The van der Waals surface area contributed by atoms with Crippen molar-refractivity contribution in [2.75, 3.05) is 6.67 Å². The van der Waals surface area contributed by atoms with Crippen molar-refractivity contribution in [1.82, 2.24) is 0 Å². The molecule has 0 bridgehead atoms. The molecular formula is C9H16BrFO2. The van der Waals surface area contributed by atoms with Crippen LogP contribution in [0.5, 0.6) is 0 Å². The van der Waals surface area contributed by atoms with E-state index in [-0.39, 0.29) is 10.8 Å². The summed E-state index contributed by atoms with van der Waals surface area (Å²) < 4.78 is 16.9. The van der Waals surface area contributed by atoms with Crippen molar-refractivity contribution in [3.8, 4) is 0 Å². The Morgan fingerprint density at radius 1 is 1.54 bits per heavy atom. The summed E-state index contributed by atoms with van der Waals surface area (Å²) in [6, 6.07) is 0. The van der Waals surface area contributed by atoms with E-state index in [1.807, 2.05) is 0 Å². The second-order valence-electron chi connectivity index (χ2n) is 3.83. The smallest absolute Gasteiger partial charge is 0.320 e. The first kappa shape index (κ1) is 12.9. The van der Waals surface area contributed by atoms with Gasteiger partial charge in [-0.25, -0.2) is 0 Å². The van der Waals surface area contributed by atoms with Crippen molar-refractivity contribution in [2.24, 2.45) is 0 Å². The van der Waals surface area contributed by atoms with E-state index in [2.05, 4.69) is 15.9 Å². The van der Waals surface area contributed by atoms with Gasteiger partial charge in [-0.05, 0) is 33.6 Å². The van der Waals surface area contributed by atoms with Gasteiger partial charge in [-0.3, -0.25) is 9.18 Å². The summed E-state index contributed by atoms with van der Waals surface area (Å²) in [5, 5.41) is 0. The molecule has 0 aromatic heterocycles. The number of halogens is 2. The summed E-state index contributed by atoms with van der Waals surface area (Å²) in [7, 11) is 0. The number of rotatable bonds is 4. The van der Waals surface area contributed by atoms with E-state index < -0.39 is 12.3 Å². The van der Waals surface area contributed by atoms with Gasteiger partial charge in [-0.2, -0.15) is 0 Å². The van der Waals surface area contributed by atoms with Gasteiger partial charge in [0.1, 0.15) is 10.4 Å². The maximum atomic E-state index is 11.8. The molecule has 0 radical (unpaired) electrons. The maximum absolute atomic E-state index is 11.8. The monoisotopic (exact) mass is 254 g/mol. The van der Waals surface area contributed by atoms with Crippen LogP contribution < -0.4 is 0 Å². The molecule has 0 spiro atoms. The van der Waals surface area contributed by atoms with E-state index in [1.165, 1.54) is 0 Å². The van der Waals surface area contributed by atoms with E-state index in [9.17, 15) is 9.18 Å². The lowest BCUT2D eigenvalue weighted by molar-refractivity contribution is -0.154. The molecule has 1 atom stereocenters. The van der Waals surface area contributed by atoms with Gasteiger partial charge in [-0.15, -0.1) is 0 Å². The second kappa shape index (κ2) is 5.58. The summed E-state index contributed by atoms with van der Waals surface area (Å²) in [6.07, 6.45) is 0.862. The summed E-state index contributed by atoms with van der Waals surface area (Å²) in [4.78, 5) is 10.9. The minimum Gasteiger partial charge on any atom is -0.459 e. The molecule has 0 N–H and O–H groups in total. The van der Waals surface area contributed by atoms with Gasteiger partial charge in [-0.1, -0.05) is 15.9 Å². The number of esters is 1. The van der Waals surface area contributed by atoms with Crippen LogP contribution in [0, 0.1) is 0 Å². The van der Waals surface area contributed by atoms with Gasteiger partial charge in [0.05, 0.1) is 6.67 Å². The molecule has 1 unspecified atom stereocenters. The third kappa shape index (κ3) is 6.99. The molecule has 0 aliphatic heterocycles. The SMILES string of the molecule is CC(C)(C)OC(=O)C(Br)CCCF. The van der Waals surface area contributed by atoms with E-state index in [0.717, 1.165) is 0 Å². The normalized spacial score (nSPS) is 13.9. The lowest BCUT2D eigenvalue weighted by atomic mass is 10.2. The van der Waals surface area contributed by atoms with Crippen LogP contribution in [0.25, 0.3) is 0 Å². The fourth-order valence-corrected chi connectivity index (χ4v) is 1.16. The molecule has 0 saturated carbocycles. The Bertz CT molecular complexity index is 165. The molecule has 78 valence electrons. The lowest BCUT2D eigenvalue weighted by Crippen LogP contribution is -2.29. The number of hydrogen-bond donors (Lipinski definition) is 0. The van der Waals surface area contributed by atoms with Crippen LogP contribution in [0.2, 0.25) is 0 Å². The Balaban J connectivity index is 3.83. The lowest BCUT2D eigenvalue weighted by Gasteiger charge is -2.21. The maximum Gasteiger partial charge on any atom is 0.320 e. The zero-order valence-corrected chi connectivity index (χ0v) is 9.86. The van der Waals surface area contributed by atoms with Gasteiger partial charge < -0.3 is 4.74 Å². The third-order valence-corrected chi connectivity index (χ3v) is 2.09. The van der Waals surface area contributed by atoms with E-state index in [1.54, 1.807) is 20.8 Å². The number of ether oxygens (including phenoxy) is 1. The first-order valence-corrected chi connectivity index (χ1v) is 5.21. The Hall–Kier alpha value is -0.120. The molecule has 2 nitrogen and oxygen atoms in total. The minimum absolute atomic E-state index is 0.319. The van der Waals surface area contributed by atoms with E-state index in [4.69, 9.17) is 4.74 Å². The fourth-order valence-electron chi connectivity index (χ4n) is 0.740. The van der Waals surface area contributed by atoms with Crippen molar-refractivity contribution in [3.05, 3.63) is 0 Å². The predicted octanol–water partition coefficient (Wildman–Crippen LogP) is 2.84. The Morgan fingerprint density at radius 3 is 2.46 bits per heavy atom. The van der Waals surface area contributed by atoms with Gasteiger partial charge >= 0.3 is 5.97 Å². The van der Waals surface area contributed by atoms with Gasteiger partial charge in [0.2, 0.25) is 0 Å². The number of alkyl halides is 2. The molecule has 0 aliphatic carbocycles. The van der Waals surface area contributed by atoms with Gasteiger partial charge in [0, 0.05) is 0 Å². The average molecular weight is 255 g/mol. The van der Waals surface area contributed by atoms with Gasteiger partial charge in [0.25, 0.3) is 0 Å². The molecule has 0 aromatic rings. The fraction of sp³-hybridized carbons (Fsp3) is 0.889. The Kier molecular flexibility index (Phi) is 5.53. The van der Waals surface area contributed by atoms with Crippen LogP contribution >= 0.6 is 15.9 Å². The van der Waals surface area contributed by atoms with E-state index >= 15 is 0 Å². The van der Waals surface area contributed by atoms with Crippen molar-refractivity contribution < 1.29 is 13.9 Å². The topological polar surface area (TPSA) is 26.3 Å². The molecule has 4 heteroatoms. The van der Waals surface area contributed by atoms with Crippen molar-refractivity contribution in [1.29, 1.82) is 0 Å². The van der Waals surface area contributed by atoms with Crippen LogP contribution in [0.15, 0.2) is 0 Å². The first-order chi connectivity index (χ1) is 5.87. The zero-order chi connectivity index (χ0) is 10.5. The molecule has 0 aromatic carbocycles. The summed E-state index contributed by atoms with van der Waals surface area (Å²) >= 11 is 3.16. The average Bonchev–Trinajstić information content (AvgIpc) is 1.96. The highest BCUT2D eigenvalue weighted by Gasteiger charge is 2.22. The minimum atomic E-state index is -0.473. The van der Waals surface area contributed by atoms with Crippen LogP contribution in [-0.2, 0) is 9.53 Å². The van der Waals surface area contributed by atoms with Crippen molar-refractivity contribution in [3.63, 3.8) is 0 Å². The van der Waals surface area contributed by atoms with Crippen LogP contribution in [0.4, 0.5) is 4.39 Å². The first-order valence-electron chi connectivity index (χ1n) is 4.29. The molecule has 0 aliphatic rings. The standard InChI is InChI=1S/C9H16BrFO2/c1-9(2,3)13-8(12)7(10)5-4-6-11/h7H,4-6H2,1-3H3. The van der Waals surface area contributed by atoms with Crippen LogP contribution in [-0.4, -0.2) is 23.1 Å². The van der Waals surface area contributed by atoms with Crippen molar-refractivity contribution >= 4 is 21.9 Å². The molecule has 0 fully saturated rings. The number of carbonyl (C=O) groups is 1. The highest BCUT2D eigenvalue weighted by Crippen LogP contribution is 2.15. The van der Waals surface area contributed by atoms with Crippen LogP contribution in [0.3, 0.4) is 0 Å². The molecule has 0 amide bonds. The predicted molar refractivity (Wildman–Crippen MR) is 53.8 cm³/mol. The number of hydrogen-bond acceptors (Lipinski definition) is 2. The summed E-state index contributed by atoms with van der Waals surface area (Å²) in [5.74, 6) is -0.319. The Labute approximate surface area is 87.0 Å². The van der Waals surface area contributed by atoms with Crippen LogP contribution in [0.1, 0.15) is 33.6 Å².